The number of thiazole rings is 1. The Morgan fingerprint density at radius 2 is 2.09 bits per heavy atom. The number of amides is 1. The number of nitrogens with two attached hydrogens (primary N) is 1. The van der Waals surface area contributed by atoms with Gasteiger partial charge in [-0.15, -0.1) is 11.3 Å². The van der Waals surface area contributed by atoms with Gasteiger partial charge in [0.2, 0.25) is 11.8 Å². The van der Waals surface area contributed by atoms with E-state index >= 15 is 0 Å². The maximum Gasteiger partial charge on any atom is 0.254 e. The topological polar surface area (TPSA) is 134 Å². The predicted molar refractivity (Wildman–Crippen MR) is 123 cm³/mol. The van der Waals surface area contributed by atoms with Crippen molar-refractivity contribution in [3.8, 4) is 5.69 Å². The molecule has 1 fully saturated rings. The Balaban J connectivity index is 1.69. The molecule has 2 atom stereocenters. The molecule has 1 aliphatic heterocycles. The maximum absolute atomic E-state index is 13.6. The number of imidazole rings is 1. The van der Waals surface area contributed by atoms with Gasteiger partial charge in [-0.3, -0.25) is 15.6 Å². The van der Waals surface area contributed by atoms with Crippen LogP contribution in [0.15, 0.2) is 42.3 Å². The lowest BCUT2D eigenvalue weighted by Crippen LogP contribution is -2.31. The van der Waals surface area contributed by atoms with Gasteiger partial charge in [-0.1, -0.05) is 0 Å². The van der Waals surface area contributed by atoms with Crippen LogP contribution in [0.25, 0.3) is 5.69 Å². The summed E-state index contributed by atoms with van der Waals surface area (Å²) in [4.78, 5) is 24.1. The summed E-state index contributed by atoms with van der Waals surface area (Å²) < 4.78 is 7.07. The van der Waals surface area contributed by atoms with Crippen LogP contribution in [0.1, 0.15) is 52.4 Å². The second-order valence-electron chi connectivity index (χ2n) is 7.81. The Morgan fingerprint density at radius 3 is 2.75 bits per heavy atom. The largest absolute Gasteiger partial charge is 0.424 e. The van der Waals surface area contributed by atoms with Crippen LogP contribution in [0.2, 0.25) is 0 Å². The first-order valence-electron chi connectivity index (χ1n) is 10.3. The van der Waals surface area contributed by atoms with Gasteiger partial charge in [0.1, 0.15) is 5.01 Å². The van der Waals surface area contributed by atoms with Gasteiger partial charge < -0.3 is 19.9 Å². The first-order valence-corrected chi connectivity index (χ1v) is 11.2. The number of nitrogens with one attached hydrogen (secondary N) is 2. The zero-order valence-electron chi connectivity index (χ0n) is 17.9. The van der Waals surface area contributed by atoms with Crippen molar-refractivity contribution in [2.24, 2.45) is 5.73 Å². The van der Waals surface area contributed by atoms with E-state index in [9.17, 15) is 4.79 Å². The molecule has 32 heavy (non-hydrogen) atoms. The van der Waals surface area contributed by atoms with Crippen LogP contribution in [-0.4, -0.2) is 49.7 Å². The van der Waals surface area contributed by atoms with Crippen molar-refractivity contribution in [1.82, 2.24) is 19.4 Å². The molecule has 0 spiro atoms. The van der Waals surface area contributed by atoms with E-state index in [-0.39, 0.29) is 23.7 Å². The van der Waals surface area contributed by atoms with E-state index in [4.69, 9.17) is 21.3 Å². The van der Waals surface area contributed by atoms with Crippen molar-refractivity contribution in [1.29, 1.82) is 10.8 Å². The van der Waals surface area contributed by atoms with Gasteiger partial charge in [-0.05, 0) is 44.9 Å². The molecular formula is C22H25N7O2S. The highest BCUT2D eigenvalue weighted by molar-refractivity contribution is 7.09. The van der Waals surface area contributed by atoms with Crippen molar-refractivity contribution >= 4 is 29.0 Å². The third kappa shape index (κ3) is 4.46. The summed E-state index contributed by atoms with van der Waals surface area (Å²) >= 11 is 1.57. The third-order valence-electron chi connectivity index (χ3n) is 5.29. The summed E-state index contributed by atoms with van der Waals surface area (Å²) in [5.41, 5.74) is 8.12. The molecule has 2 aromatic heterocycles. The van der Waals surface area contributed by atoms with Crippen LogP contribution >= 0.6 is 11.3 Å². The number of ether oxygens (including phenoxy) is 1. The standard InChI is InChI=1S/C22H25N7O2S/c1-13-11-32-21(27-13)18-4-3-6-29(18)22(30)16-8-15(20(25)31-19(24)14(2)23)9-17(10-16)28-7-5-26-12-28/h5,7-12,14,18,24-25H,3-4,6,23H2,1-2H3/t14-,18+/m0/s1. The number of carbonyl (C=O) groups excluding carboxylic acids is 1. The number of nitrogens with zero attached hydrogens (tertiary/aromatic N) is 4. The third-order valence-corrected chi connectivity index (χ3v) is 6.35. The lowest BCUT2D eigenvalue weighted by Gasteiger charge is -2.24. The average molecular weight is 452 g/mol. The van der Waals surface area contributed by atoms with Crippen LogP contribution < -0.4 is 5.73 Å². The first-order chi connectivity index (χ1) is 15.3. The molecule has 1 saturated heterocycles. The highest BCUT2D eigenvalue weighted by Gasteiger charge is 2.33. The van der Waals surface area contributed by atoms with Crippen LogP contribution in [0.3, 0.4) is 0 Å². The number of aromatic nitrogens is 3. The summed E-state index contributed by atoms with van der Waals surface area (Å²) in [6, 6.07) is 4.44. The molecule has 0 unspecified atom stereocenters. The number of rotatable bonds is 5. The highest BCUT2D eigenvalue weighted by Crippen LogP contribution is 2.35. The van der Waals surface area contributed by atoms with E-state index in [0.717, 1.165) is 23.5 Å². The first kappa shape index (κ1) is 21.8. The predicted octanol–water partition coefficient (Wildman–Crippen LogP) is 3.28. The zero-order valence-corrected chi connectivity index (χ0v) is 18.7. The van der Waals surface area contributed by atoms with Crippen LogP contribution in [0, 0.1) is 17.7 Å². The number of aryl methyl sites for hydroxylation is 1. The molecule has 1 amide bonds. The van der Waals surface area contributed by atoms with E-state index in [1.807, 2.05) is 17.2 Å². The monoisotopic (exact) mass is 451 g/mol. The molecule has 0 radical (unpaired) electrons. The lowest BCUT2D eigenvalue weighted by molar-refractivity contribution is 0.0735. The summed E-state index contributed by atoms with van der Waals surface area (Å²) in [7, 11) is 0. The average Bonchev–Trinajstić information content (AvgIpc) is 3.53. The van der Waals surface area contributed by atoms with E-state index in [0.29, 0.717) is 23.4 Å². The molecule has 3 heterocycles. The van der Waals surface area contributed by atoms with E-state index in [1.54, 1.807) is 59.7 Å². The van der Waals surface area contributed by atoms with Gasteiger partial charge in [0.05, 0.1) is 18.4 Å². The molecule has 9 nitrogen and oxygen atoms in total. The van der Waals surface area contributed by atoms with Crippen LogP contribution in [-0.2, 0) is 4.74 Å². The van der Waals surface area contributed by atoms with Gasteiger partial charge in [0, 0.05) is 46.8 Å². The molecule has 0 saturated carbocycles. The fourth-order valence-electron chi connectivity index (χ4n) is 3.65. The van der Waals surface area contributed by atoms with Gasteiger partial charge in [0.25, 0.3) is 5.91 Å². The molecular weight excluding hydrogens is 426 g/mol. The van der Waals surface area contributed by atoms with Crippen molar-refractivity contribution in [2.45, 2.75) is 38.8 Å². The van der Waals surface area contributed by atoms with Crippen LogP contribution in [0.5, 0.6) is 0 Å². The number of hydrogen-bond donors (Lipinski definition) is 3. The molecule has 4 N–H and O–H groups in total. The number of hydrogen-bond acceptors (Lipinski definition) is 8. The Labute approximate surface area is 189 Å². The van der Waals surface area contributed by atoms with E-state index < -0.39 is 6.04 Å². The lowest BCUT2D eigenvalue weighted by atomic mass is 10.1. The van der Waals surface area contributed by atoms with E-state index in [2.05, 4.69) is 9.97 Å². The SMILES string of the molecule is Cc1csc([C@H]2CCCN2C(=O)c2cc(C(=N)OC(=N)[C@H](C)N)cc(-n3ccnc3)c2)n1. The highest BCUT2D eigenvalue weighted by atomic mass is 32.1. The number of carbonyl (C=O) groups is 1. The second kappa shape index (κ2) is 9.01. The van der Waals surface area contributed by atoms with Crippen molar-refractivity contribution in [2.75, 3.05) is 6.54 Å². The molecule has 1 aliphatic rings. The minimum Gasteiger partial charge on any atom is -0.424 e. The summed E-state index contributed by atoms with van der Waals surface area (Å²) in [6.45, 7) is 4.21. The molecule has 10 heteroatoms. The molecule has 0 bridgehead atoms. The van der Waals surface area contributed by atoms with Crippen LogP contribution in [0.4, 0.5) is 0 Å². The fourth-order valence-corrected chi connectivity index (χ4v) is 4.59. The maximum atomic E-state index is 13.6. The van der Waals surface area contributed by atoms with E-state index in [1.165, 1.54) is 0 Å². The Hall–Kier alpha value is -3.37. The summed E-state index contributed by atoms with van der Waals surface area (Å²) in [5, 5.41) is 19.1. The minimum atomic E-state index is -0.639. The normalized spacial score (nSPS) is 16.7. The second-order valence-corrected chi connectivity index (χ2v) is 8.70. The number of benzene rings is 1. The van der Waals surface area contributed by atoms with Crippen molar-refractivity contribution < 1.29 is 9.53 Å². The number of likely N-dealkylation sites (tertiary alicyclic amines) is 1. The summed E-state index contributed by atoms with van der Waals surface area (Å²) in [6.07, 6.45) is 6.81. The molecule has 1 aromatic carbocycles. The minimum absolute atomic E-state index is 0.0523. The van der Waals surface area contributed by atoms with Crippen molar-refractivity contribution in [3.63, 3.8) is 0 Å². The molecule has 166 valence electrons. The Bertz CT molecular complexity index is 1150. The molecule has 4 rings (SSSR count). The van der Waals surface area contributed by atoms with Crippen molar-refractivity contribution in [3.05, 3.63) is 64.1 Å². The quantitative estimate of drug-likeness (QED) is 0.404. The van der Waals surface area contributed by atoms with Gasteiger partial charge in [-0.25, -0.2) is 9.97 Å². The smallest absolute Gasteiger partial charge is 0.254 e. The van der Waals surface area contributed by atoms with Gasteiger partial charge in [-0.2, -0.15) is 0 Å². The summed E-state index contributed by atoms with van der Waals surface area (Å²) in [5.74, 6) is -0.579. The molecule has 0 aliphatic carbocycles. The fraction of sp³-hybridized carbons (Fsp3) is 0.318. The van der Waals surface area contributed by atoms with Gasteiger partial charge >= 0.3 is 0 Å². The zero-order chi connectivity index (χ0) is 22.8. The van der Waals surface area contributed by atoms with Gasteiger partial charge in [0.15, 0.2) is 0 Å². The Kier molecular flexibility index (Phi) is 6.15. The molecule has 3 aromatic rings. The Morgan fingerprint density at radius 1 is 1.31 bits per heavy atom.